The molecular weight excluding hydrogens is 607 g/mol. The second-order valence-electron chi connectivity index (χ2n) is 13.1. The summed E-state index contributed by atoms with van der Waals surface area (Å²) in [5.41, 5.74) is 1.54. The first-order chi connectivity index (χ1) is 22.9. The number of likely N-dealkylation sites (tertiary alicyclic amines) is 1. The SMILES string of the molecule is C=CCN(C(=O)C1N(CCCCCCO)C(=O)[C@@H]2[C@@H](C(=O)N(CC=C)c3ccccc3)[C@H]3CC(C)C12S3)c1ccc2ccccc2c1. The van der Waals surface area contributed by atoms with E-state index in [1.54, 1.807) is 33.7 Å². The van der Waals surface area contributed by atoms with Crippen LogP contribution in [0.2, 0.25) is 0 Å². The fraction of sp³-hybridized carbons (Fsp3) is 0.410. The summed E-state index contributed by atoms with van der Waals surface area (Å²) in [6.45, 7) is 11.3. The maximum absolute atomic E-state index is 15.1. The number of anilines is 2. The molecule has 0 radical (unpaired) electrons. The van der Waals surface area contributed by atoms with Gasteiger partial charge in [0.25, 0.3) is 5.91 Å². The van der Waals surface area contributed by atoms with E-state index in [2.05, 4.69) is 20.1 Å². The van der Waals surface area contributed by atoms with Crippen molar-refractivity contribution < 1.29 is 19.5 Å². The van der Waals surface area contributed by atoms with Crippen LogP contribution in [0.25, 0.3) is 10.8 Å². The zero-order valence-corrected chi connectivity index (χ0v) is 28.0. The number of fused-ring (bicyclic) bond motifs is 2. The molecule has 246 valence electrons. The molecule has 3 saturated heterocycles. The molecule has 3 aromatic rings. The summed E-state index contributed by atoms with van der Waals surface area (Å²) in [5, 5.41) is 11.4. The van der Waals surface area contributed by atoms with Gasteiger partial charge in [-0.15, -0.1) is 24.9 Å². The van der Waals surface area contributed by atoms with Crippen molar-refractivity contribution >= 4 is 51.6 Å². The van der Waals surface area contributed by atoms with Crippen molar-refractivity contribution in [3.63, 3.8) is 0 Å². The van der Waals surface area contributed by atoms with Gasteiger partial charge in [-0.2, -0.15) is 0 Å². The van der Waals surface area contributed by atoms with Crippen LogP contribution in [-0.4, -0.2) is 70.0 Å². The van der Waals surface area contributed by atoms with Gasteiger partial charge in [0.2, 0.25) is 11.8 Å². The highest BCUT2D eigenvalue weighted by atomic mass is 32.2. The maximum atomic E-state index is 15.1. The Bertz CT molecular complexity index is 1650. The number of aliphatic hydroxyl groups is 1. The first kappa shape index (κ1) is 33.0. The van der Waals surface area contributed by atoms with Gasteiger partial charge in [0.1, 0.15) is 6.04 Å². The molecule has 7 nitrogen and oxygen atoms in total. The Hall–Kier alpha value is -3.88. The van der Waals surface area contributed by atoms with Crippen LogP contribution in [-0.2, 0) is 14.4 Å². The van der Waals surface area contributed by atoms with Crippen molar-refractivity contribution in [2.24, 2.45) is 17.8 Å². The molecule has 0 saturated carbocycles. The van der Waals surface area contributed by atoms with Crippen molar-refractivity contribution in [2.45, 2.75) is 55.1 Å². The van der Waals surface area contributed by atoms with Gasteiger partial charge in [-0.1, -0.05) is 80.4 Å². The molecule has 47 heavy (non-hydrogen) atoms. The summed E-state index contributed by atoms with van der Waals surface area (Å²) in [6.07, 6.45) is 7.37. The zero-order chi connectivity index (χ0) is 33.1. The highest BCUT2D eigenvalue weighted by molar-refractivity contribution is 8.02. The fourth-order valence-corrected chi connectivity index (χ4v) is 10.7. The monoisotopic (exact) mass is 651 g/mol. The van der Waals surface area contributed by atoms with Gasteiger partial charge in [-0.3, -0.25) is 14.4 Å². The Balaban J connectivity index is 1.40. The van der Waals surface area contributed by atoms with Gasteiger partial charge in [-0.25, -0.2) is 0 Å². The predicted molar refractivity (Wildman–Crippen MR) is 191 cm³/mol. The number of rotatable bonds is 14. The molecule has 3 aliphatic heterocycles. The molecule has 6 atom stereocenters. The first-order valence-corrected chi connectivity index (χ1v) is 17.7. The summed E-state index contributed by atoms with van der Waals surface area (Å²) in [7, 11) is 0. The van der Waals surface area contributed by atoms with E-state index in [9.17, 15) is 14.7 Å². The molecule has 3 aliphatic rings. The van der Waals surface area contributed by atoms with E-state index in [0.29, 0.717) is 26.1 Å². The van der Waals surface area contributed by atoms with Crippen molar-refractivity contribution in [2.75, 3.05) is 36.0 Å². The van der Waals surface area contributed by atoms with Crippen molar-refractivity contribution in [1.82, 2.24) is 4.90 Å². The van der Waals surface area contributed by atoms with Gasteiger partial charge >= 0.3 is 0 Å². The number of hydrogen-bond acceptors (Lipinski definition) is 5. The summed E-state index contributed by atoms with van der Waals surface area (Å²) in [6, 6.07) is 23.0. The largest absolute Gasteiger partial charge is 0.396 e. The van der Waals surface area contributed by atoms with Crippen LogP contribution in [0, 0.1) is 17.8 Å². The zero-order valence-electron chi connectivity index (χ0n) is 27.2. The lowest BCUT2D eigenvalue weighted by Crippen LogP contribution is -2.57. The van der Waals surface area contributed by atoms with Gasteiger partial charge in [-0.05, 0) is 60.2 Å². The number of amides is 3. The number of benzene rings is 3. The van der Waals surface area contributed by atoms with Crippen LogP contribution in [0.5, 0.6) is 0 Å². The van der Waals surface area contributed by atoms with Gasteiger partial charge in [0, 0.05) is 42.9 Å². The van der Waals surface area contributed by atoms with Crippen molar-refractivity contribution in [1.29, 1.82) is 0 Å². The van der Waals surface area contributed by atoms with E-state index >= 15 is 4.79 Å². The number of aliphatic hydroxyl groups excluding tert-OH is 1. The van der Waals surface area contributed by atoms with Gasteiger partial charge < -0.3 is 19.8 Å². The molecule has 8 heteroatoms. The lowest BCUT2D eigenvalue weighted by atomic mass is 9.65. The number of thioether (sulfide) groups is 1. The molecule has 0 aliphatic carbocycles. The third-order valence-electron chi connectivity index (χ3n) is 10.3. The average molecular weight is 652 g/mol. The summed E-state index contributed by atoms with van der Waals surface area (Å²) in [4.78, 5) is 49.8. The van der Waals surface area contributed by atoms with E-state index in [0.717, 1.165) is 47.8 Å². The van der Waals surface area contributed by atoms with Crippen LogP contribution in [0.4, 0.5) is 11.4 Å². The topological polar surface area (TPSA) is 81.2 Å². The average Bonchev–Trinajstić information content (AvgIpc) is 3.69. The molecule has 3 fully saturated rings. The molecule has 3 unspecified atom stereocenters. The first-order valence-electron chi connectivity index (χ1n) is 16.8. The Labute approximate surface area is 282 Å². The Morgan fingerprint density at radius 2 is 1.55 bits per heavy atom. The van der Waals surface area contributed by atoms with Crippen LogP contribution < -0.4 is 9.80 Å². The molecular formula is C39H45N3O4S. The molecule has 6 rings (SSSR count). The number of carbonyl (C=O) groups excluding carboxylic acids is 3. The van der Waals surface area contributed by atoms with Crippen LogP contribution in [0.3, 0.4) is 0 Å². The maximum Gasteiger partial charge on any atom is 0.251 e. The number of hydrogen-bond donors (Lipinski definition) is 1. The summed E-state index contributed by atoms with van der Waals surface area (Å²) >= 11 is 1.71. The number of para-hydroxylation sites is 1. The number of nitrogens with zero attached hydrogens (tertiary/aromatic N) is 3. The Morgan fingerprint density at radius 3 is 2.26 bits per heavy atom. The summed E-state index contributed by atoms with van der Waals surface area (Å²) in [5.74, 6) is -1.35. The van der Waals surface area contributed by atoms with Crippen LogP contribution >= 0.6 is 11.8 Å². The lowest BCUT2D eigenvalue weighted by molar-refractivity contribution is -0.139. The molecule has 0 aromatic heterocycles. The Kier molecular flexibility index (Phi) is 9.90. The van der Waals surface area contributed by atoms with Crippen molar-refractivity contribution in [3.8, 4) is 0 Å². The number of unbranched alkanes of at least 4 members (excludes halogenated alkanes) is 3. The minimum absolute atomic E-state index is 0.0574. The molecule has 2 bridgehead atoms. The lowest BCUT2D eigenvalue weighted by Gasteiger charge is -2.41. The van der Waals surface area contributed by atoms with E-state index in [1.165, 1.54) is 0 Å². The van der Waals surface area contributed by atoms with E-state index in [-0.39, 0.29) is 35.5 Å². The highest BCUT2D eigenvalue weighted by Crippen LogP contribution is 2.69. The second kappa shape index (κ2) is 14.1. The molecule has 1 N–H and O–H groups in total. The van der Waals surface area contributed by atoms with Crippen molar-refractivity contribution in [3.05, 3.63) is 98.1 Å². The molecule has 3 amide bonds. The van der Waals surface area contributed by atoms with Gasteiger partial charge in [0.15, 0.2) is 0 Å². The van der Waals surface area contributed by atoms with E-state index in [4.69, 9.17) is 0 Å². The van der Waals surface area contributed by atoms with Gasteiger partial charge in [0.05, 0.1) is 16.6 Å². The fourth-order valence-electron chi connectivity index (χ4n) is 8.25. The molecule has 3 aromatic carbocycles. The molecule has 1 spiro atoms. The quantitative estimate of drug-likeness (QED) is 0.160. The minimum Gasteiger partial charge on any atom is -0.396 e. The molecule has 3 heterocycles. The summed E-state index contributed by atoms with van der Waals surface area (Å²) < 4.78 is -0.725. The number of carbonyl (C=O) groups is 3. The standard InChI is InChI=1S/C39H45N3O4S/c1-4-21-40(30-17-9-8-10-18-30)36(44)33-32-25-27(3)39(47-32)34(33)37(45)42(23-13-6-7-14-24-43)35(39)38(46)41(22-5-2)31-20-19-28-15-11-12-16-29(28)26-31/h4-5,8-12,15-20,26-27,32-35,43H,1-2,6-7,13-14,21-25H2,3H3/t27?,32-,33+,34+,35?,39?/m1/s1. The van der Waals surface area contributed by atoms with Crippen LogP contribution in [0.1, 0.15) is 39.0 Å². The highest BCUT2D eigenvalue weighted by Gasteiger charge is 2.76. The minimum atomic E-state index is -0.725. The third-order valence-corrected chi connectivity index (χ3v) is 12.4. The normalized spacial score (nSPS) is 26.0. The second-order valence-corrected chi connectivity index (χ2v) is 14.6. The van der Waals surface area contributed by atoms with E-state index in [1.807, 2.05) is 77.7 Å². The predicted octanol–water partition coefficient (Wildman–Crippen LogP) is 6.47. The Morgan fingerprint density at radius 1 is 0.894 bits per heavy atom. The van der Waals surface area contributed by atoms with Crippen LogP contribution in [0.15, 0.2) is 98.1 Å². The van der Waals surface area contributed by atoms with E-state index < -0.39 is 22.6 Å². The third kappa shape index (κ3) is 5.80. The smallest absolute Gasteiger partial charge is 0.251 e.